The van der Waals surface area contributed by atoms with Crippen molar-refractivity contribution in [3.8, 4) is 39.1 Å². The molecule has 2 nitrogen and oxygen atoms in total. The molecule has 0 N–H and O–H groups in total. The average molecular weight is 655 g/mol. The molecule has 0 radical (unpaired) electrons. The molecule has 12 heteroatoms. The number of para-hydroxylation sites is 3. The van der Waals surface area contributed by atoms with Crippen molar-refractivity contribution in [3.63, 3.8) is 0 Å². The minimum atomic E-state index is 0.981. The lowest BCUT2D eigenvalue weighted by Crippen LogP contribution is -2.55. The fourth-order valence-electron chi connectivity index (χ4n) is 9.03. The Labute approximate surface area is 316 Å². The van der Waals surface area contributed by atoms with E-state index < -0.39 is 0 Å². The molecule has 0 fully saturated rings. The zero-order valence-electron chi connectivity index (χ0n) is 32.6. The number of nitrogens with zero attached hydrogens (tertiary/aromatic N) is 2. The molecule has 0 spiro atoms. The maximum atomic E-state index is 4.99. The molecule has 238 valence electrons. The highest BCUT2D eigenvalue weighted by atomic mass is 15.1. The third kappa shape index (κ3) is 4.97. The summed E-state index contributed by atoms with van der Waals surface area (Å²) in [5, 5.41) is 5.09. The van der Waals surface area contributed by atoms with Crippen LogP contribution in [0.3, 0.4) is 0 Å². The molecule has 7 aromatic carbocycles. The van der Waals surface area contributed by atoms with E-state index in [0.717, 1.165) is 22.5 Å². The van der Waals surface area contributed by atoms with Gasteiger partial charge in [-0.15, -0.1) is 32.8 Å². The van der Waals surface area contributed by atoms with Crippen LogP contribution in [0.4, 0.5) is 0 Å². The molecule has 1 heterocycles. The van der Waals surface area contributed by atoms with E-state index in [1.54, 1.807) is 0 Å². The van der Waals surface area contributed by atoms with Crippen molar-refractivity contribution in [1.29, 1.82) is 0 Å². The van der Waals surface area contributed by atoms with E-state index in [4.69, 9.17) is 4.98 Å². The third-order valence-electron chi connectivity index (χ3n) is 12.7. The van der Waals surface area contributed by atoms with Crippen molar-refractivity contribution in [1.82, 2.24) is 9.55 Å². The van der Waals surface area contributed by atoms with Crippen LogP contribution in [0, 0.1) is 6.92 Å². The molecule has 0 amide bonds. The van der Waals surface area contributed by atoms with Gasteiger partial charge in [0.1, 0.15) is 84.3 Å². The van der Waals surface area contributed by atoms with Crippen LogP contribution in [0.1, 0.15) is 5.82 Å². The van der Waals surface area contributed by atoms with Crippen LogP contribution in [-0.2, 0) is 0 Å². The second kappa shape index (κ2) is 12.7. The van der Waals surface area contributed by atoms with Gasteiger partial charge in [0.2, 0.25) is 0 Å². The predicted molar refractivity (Wildman–Crippen MR) is 259 cm³/mol. The highest BCUT2D eigenvalue weighted by molar-refractivity contribution is 6.70. The Hall–Kier alpha value is -4.82. The Morgan fingerprint density at radius 1 is 0.423 bits per heavy atom. The maximum Gasteiger partial charge on any atom is 0.139 e. The lowest BCUT2D eigenvalue weighted by Gasteiger charge is -2.26. The van der Waals surface area contributed by atoms with Gasteiger partial charge in [-0.25, -0.2) is 4.98 Å². The number of benzene rings is 7. The third-order valence-corrected chi connectivity index (χ3v) is 12.7. The van der Waals surface area contributed by atoms with E-state index in [2.05, 4.69) is 181 Å². The highest BCUT2D eigenvalue weighted by Gasteiger charge is 2.24. The van der Waals surface area contributed by atoms with Gasteiger partial charge in [-0.1, -0.05) is 88.6 Å². The van der Waals surface area contributed by atoms with Gasteiger partial charge in [0.25, 0.3) is 0 Å². The van der Waals surface area contributed by atoms with Crippen molar-refractivity contribution >= 4 is 166 Å². The monoisotopic (exact) mass is 656 g/mol. The molecular formula is C40H38B10N2. The molecule has 0 unspecified atom stereocenters. The number of hydrogen-bond acceptors (Lipinski definition) is 1. The summed E-state index contributed by atoms with van der Waals surface area (Å²) < 4.78 is 2.33. The Morgan fingerprint density at radius 3 is 1.54 bits per heavy atom. The minimum Gasteiger partial charge on any atom is -0.296 e. The highest BCUT2D eigenvalue weighted by Crippen LogP contribution is 2.45. The van der Waals surface area contributed by atoms with E-state index in [1.165, 1.54) is 110 Å². The molecule has 1 aromatic heterocycles. The van der Waals surface area contributed by atoms with E-state index in [9.17, 15) is 0 Å². The zero-order chi connectivity index (χ0) is 36.7. The van der Waals surface area contributed by atoms with Crippen LogP contribution in [0.2, 0.25) is 0 Å². The Kier molecular flexibility index (Phi) is 8.37. The summed E-state index contributed by atoms with van der Waals surface area (Å²) in [6, 6.07) is 33.7. The number of hydrogen-bond donors (Lipinski definition) is 0. The number of aryl methyl sites for hydroxylation is 1. The number of aromatic nitrogens is 2. The lowest BCUT2D eigenvalue weighted by atomic mass is 9.59. The minimum absolute atomic E-state index is 0.981. The fraction of sp³-hybridized carbons (Fsp3) is 0.0250. The molecule has 0 aliphatic carbocycles. The van der Waals surface area contributed by atoms with Crippen LogP contribution >= 0.6 is 0 Å². The standard InChI is InChI=1S/C40H38B10N2/c1-17-51-24-11-5-7-13-26(24)52(17)25-12-6-4-10-22(25)28-19-8-2-3-9-20(19)29(30-33(43)37(47)40(50)38(48)34(30)44)23-16-18(14-15-21(23)28)27-31(41)35(45)39(49)36(46)32(27)42/h2-16H,41-50H2,1H3. The van der Waals surface area contributed by atoms with E-state index >= 15 is 0 Å². The van der Waals surface area contributed by atoms with Crippen molar-refractivity contribution < 1.29 is 0 Å². The van der Waals surface area contributed by atoms with Crippen molar-refractivity contribution in [3.05, 3.63) is 96.8 Å². The molecule has 0 aliphatic rings. The van der Waals surface area contributed by atoms with Crippen LogP contribution in [0.15, 0.2) is 91.0 Å². The second-order valence-electron chi connectivity index (χ2n) is 15.1. The van der Waals surface area contributed by atoms with Gasteiger partial charge in [-0.2, -0.15) is 0 Å². The Morgan fingerprint density at radius 2 is 0.904 bits per heavy atom. The largest absolute Gasteiger partial charge is 0.296 e. The molecule has 0 saturated heterocycles. The van der Waals surface area contributed by atoms with Gasteiger partial charge in [0.05, 0.1) is 16.7 Å². The predicted octanol–water partition coefficient (Wildman–Crippen LogP) is -6.77. The summed E-state index contributed by atoms with van der Waals surface area (Å²) in [4.78, 5) is 4.99. The summed E-state index contributed by atoms with van der Waals surface area (Å²) >= 11 is 0. The molecule has 8 aromatic rings. The summed E-state index contributed by atoms with van der Waals surface area (Å²) in [5.41, 5.74) is 24.8. The molecular weight excluding hydrogens is 617 g/mol. The van der Waals surface area contributed by atoms with Crippen molar-refractivity contribution in [2.24, 2.45) is 0 Å². The van der Waals surface area contributed by atoms with E-state index in [1.807, 2.05) is 0 Å². The molecule has 0 aliphatic heterocycles. The molecule has 52 heavy (non-hydrogen) atoms. The summed E-state index contributed by atoms with van der Waals surface area (Å²) in [7, 11) is 22.9. The molecule has 8 rings (SSSR count). The van der Waals surface area contributed by atoms with E-state index in [-0.39, 0.29) is 0 Å². The van der Waals surface area contributed by atoms with Crippen LogP contribution in [0.25, 0.3) is 71.6 Å². The van der Waals surface area contributed by atoms with Gasteiger partial charge in [0, 0.05) is 5.56 Å². The quantitative estimate of drug-likeness (QED) is 0.137. The Balaban J connectivity index is 1.58. The topological polar surface area (TPSA) is 17.8 Å². The second-order valence-corrected chi connectivity index (χ2v) is 15.1. The number of fused-ring (bicyclic) bond motifs is 3. The SMILES string of the molecule is Bc1c(B)c(B)c(-c2ccc3c(-c4ccccc4-n4c(C)nc5ccccc54)c4ccccc4c(-c4c(B)c(B)c(B)c(B)c4B)c3c2)c(B)c1B. The number of imidazole rings is 1. The summed E-state index contributed by atoms with van der Waals surface area (Å²) in [6.07, 6.45) is 0. The van der Waals surface area contributed by atoms with Crippen molar-refractivity contribution in [2.45, 2.75) is 6.92 Å². The maximum absolute atomic E-state index is 4.99. The smallest absolute Gasteiger partial charge is 0.139 e. The van der Waals surface area contributed by atoms with Gasteiger partial charge >= 0.3 is 0 Å². The van der Waals surface area contributed by atoms with E-state index in [0.29, 0.717) is 0 Å². The van der Waals surface area contributed by atoms with Gasteiger partial charge in [-0.3, -0.25) is 4.57 Å². The van der Waals surface area contributed by atoms with Crippen molar-refractivity contribution in [2.75, 3.05) is 0 Å². The van der Waals surface area contributed by atoms with Crippen LogP contribution in [-0.4, -0.2) is 88.0 Å². The zero-order valence-corrected chi connectivity index (χ0v) is 32.6. The average Bonchev–Trinajstić information content (AvgIpc) is 3.50. The lowest BCUT2D eigenvalue weighted by molar-refractivity contribution is 1.00. The summed E-state index contributed by atoms with van der Waals surface area (Å²) in [6.45, 7) is 2.12. The molecule has 0 saturated carbocycles. The molecule has 0 atom stereocenters. The molecule has 0 bridgehead atoms. The summed E-state index contributed by atoms with van der Waals surface area (Å²) in [5.74, 6) is 0.981. The van der Waals surface area contributed by atoms with Gasteiger partial charge in [0.15, 0.2) is 0 Å². The fourth-order valence-corrected chi connectivity index (χ4v) is 9.03. The first-order valence-electron chi connectivity index (χ1n) is 18.6. The first-order valence-corrected chi connectivity index (χ1v) is 18.6. The first kappa shape index (κ1) is 34.3. The normalized spacial score (nSPS) is 11.6. The van der Waals surface area contributed by atoms with Gasteiger partial charge < -0.3 is 0 Å². The first-order chi connectivity index (χ1) is 24.9. The Bertz CT molecular complexity index is 2770. The van der Waals surface area contributed by atoms with Crippen LogP contribution in [0.5, 0.6) is 0 Å². The van der Waals surface area contributed by atoms with Gasteiger partial charge in [-0.05, 0) is 80.6 Å². The number of rotatable bonds is 4. The van der Waals surface area contributed by atoms with Crippen LogP contribution < -0.4 is 54.6 Å².